The fourth-order valence-corrected chi connectivity index (χ4v) is 3.52. The number of hydrogen-bond donors (Lipinski definition) is 2. The van der Waals surface area contributed by atoms with E-state index < -0.39 is 32.2 Å². The standard InChI is InChI=1S/C11H16ClNO5S2/c1-2-19(15,16)11-6-9(5-10(12)7-11)8-13-20(17,18)4-3-14/h5-7,13-14H,2-4,8H2,1H3. The summed E-state index contributed by atoms with van der Waals surface area (Å²) >= 11 is 5.84. The van der Waals surface area contributed by atoms with Crippen molar-refractivity contribution in [3.05, 3.63) is 28.8 Å². The zero-order chi connectivity index (χ0) is 15.4. The Labute approximate surface area is 123 Å². The average molecular weight is 342 g/mol. The van der Waals surface area contributed by atoms with Gasteiger partial charge < -0.3 is 5.11 Å². The molecular formula is C11H16ClNO5S2. The Morgan fingerprint density at radius 3 is 2.40 bits per heavy atom. The van der Waals surface area contributed by atoms with Crippen LogP contribution >= 0.6 is 11.6 Å². The van der Waals surface area contributed by atoms with E-state index in [0.29, 0.717) is 5.56 Å². The number of halogens is 1. The molecule has 0 atom stereocenters. The van der Waals surface area contributed by atoms with E-state index in [1.165, 1.54) is 25.1 Å². The first-order chi connectivity index (χ1) is 9.20. The summed E-state index contributed by atoms with van der Waals surface area (Å²) in [6, 6.07) is 4.19. The molecule has 0 amide bonds. The van der Waals surface area contributed by atoms with E-state index in [-0.39, 0.29) is 22.2 Å². The third-order valence-electron chi connectivity index (χ3n) is 2.53. The lowest BCUT2D eigenvalue weighted by molar-refractivity contribution is 0.319. The minimum atomic E-state index is -3.59. The van der Waals surface area contributed by atoms with Crippen molar-refractivity contribution in [2.45, 2.75) is 18.4 Å². The van der Waals surface area contributed by atoms with Gasteiger partial charge in [-0.25, -0.2) is 21.6 Å². The molecule has 0 unspecified atom stereocenters. The van der Waals surface area contributed by atoms with Gasteiger partial charge >= 0.3 is 0 Å². The van der Waals surface area contributed by atoms with Crippen molar-refractivity contribution in [1.82, 2.24) is 4.72 Å². The second kappa shape index (κ2) is 6.86. The van der Waals surface area contributed by atoms with Gasteiger partial charge in [0.1, 0.15) is 0 Å². The van der Waals surface area contributed by atoms with Gasteiger partial charge in [0.25, 0.3) is 0 Å². The third kappa shape index (κ3) is 5.02. The van der Waals surface area contributed by atoms with Gasteiger partial charge in [-0.15, -0.1) is 0 Å². The van der Waals surface area contributed by atoms with Crippen molar-refractivity contribution in [2.24, 2.45) is 0 Å². The molecule has 9 heteroatoms. The van der Waals surface area contributed by atoms with E-state index in [0.717, 1.165) is 0 Å². The third-order valence-corrected chi connectivity index (χ3v) is 5.76. The van der Waals surface area contributed by atoms with Crippen molar-refractivity contribution in [1.29, 1.82) is 0 Å². The maximum Gasteiger partial charge on any atom is 0.214 e. The topological polar surface area (TPSA) is 101 Å². The Morgan fingerprint density at radius 1 is 1.20 bits per heavy atom. The normalized spacial score (nSPS) is 12.6. The Bertz CT molecular complexity index is 670. The highest BCUT2D eigenvalue weighted by atomic mass is 35.5. The van der Waals surface area contributed by atoms with Crippen LogP contribution in [0.1, 0.15) is 12.5 Å². The van der Waals surface area contributed by atoms with Crippen LogP contribution in [-0.4, -0.2) is 40.1 Å². The second-order valence-electron chi connectivity index (χ2n) is 4.06. The predicted octanol–water partition coefficient (Wildman–Crippen LogP) is 0.545. The number of aliphatic hydroxyl groups excluding tert-OH is 1. The van der Waals surface area contributed by atoms with Crippen molar-refractivity contribution in [3.8, 4) is 0 Å². The van der Waals surface area contributed by atoms with Crippen molar-refractivity contribution >= 4 is 31.5 Å². The summed E-state index contributed by atoms with van der Waals surface area (Å²) in [5, 5.41) is 8.82. The molecule has 0 bridgehead atoms. The molecule has 114 valence electrons. The summed E-state index contributed by atoms with van der Waals surface area (Å²) in [4.78, 5) is 0.0591. The Kier molecular flexibility index (Phi) is 5.96. The number of hydrogen-bond acceptors (Lipinski definition) is 5. The van der Waals surface area contributed by atoms with Crippen molar-refractivity contribution < 1.29 is 21.9 Å². The van der Waals surface area contributed by atoms with Gasteiger partial charge in [-0.3, -0.25) is 0 Å². The molecule has 0 aliphatic heterocycles. The Hall–Kier alpha value is -0.670. The molecule has 1 aromatic carbocycles. The van der Waals surface area contributed by atoms with E-state index in [9.17, 15) is 16.8 Å². The Morgan fingerprint density at radius 2 is 1.85 bits per heavy atom. The lowest BCUT2D eigenvalue weighted by atomic mass is 10.2. The van der Waals surface area contributed by atoms with Gasteiger partial charge in [0.15, 0.2) is 9.84 Å². The van der Waals surface area contributed by atoms with Crippen molar-refractivity contribution in [2.75, 3.05) is 18.1 Å². The first-order valence-corrected chi connectivity index (χ1v) is 9.49. The molecule has 20 heavy (non-hydrogen) atoms. The number of rotatable bonds is 7. The molecule has 1 aromatic rings. The maximum atomic E-state index is 11.8. The summed E-state index contributed by atoms with van der Waals surface area (Å²) in [6.45, 7) is 0.940. The highest BCUT2D eigenvalue weighted by Gasteiger charge is 2.14. The van der Waals surface area contributed by atoms with Crippen LogP contribution < -0.4 is 4.72 Å². The van der Waals surface area contributed by atoms with Crippen LogP contribution in [0.2, 0.25) is 5.02 Å². The summed E-state index contributed by atoms with van der Waals surface area (Å²) < 4.78 is 48.6. The molecule has 0 aromatic heterocycles. The quantitative estimate of drug-likeness (QED) is 0.754. The Balaban J connectivity index is 2.98. The molecule has 0 saturated carbocycles. The van der Waals surface area contributed by atoms with E-state index in [2.05, 4.69) is 4.72 Å². The zero-order valence-electron chi connectivity index (χ0n) is 10.8. The first-order valence-electron chi connectivity index (χ1n) is 5.80. The molecule has 0 fully saturated rings. The number of sulfone groups is 1. The van der Waals surface area contributed by atoms with Crippen molar-refractivity contribution in [3.63, 3.8) is 0 Å². The summed E-state index contributed by atoms with van der Waals surface area (Å²) in [5.74, 6) is -0.475. The molecule has 2 N–H and O–H groups in total. The molecular weight excluding hydrogens is 326 g/mol. The van der Waals surface area contributed by atoms with Crippen LogP contribution in [0, 0.1) is 0 Å². The minimum Gasteiger partial charge on any atom is -0.395 e. The van der Waals surface area contributed by atoms with Gasteiger partial charge in [-0.2, -0.15) is 0 Å². The number of benzene rings is 1. The fraction of sp³-hybridized carbons (Fsp3) is 0.455. The first kappa shape index (κ1) is 17.4. The van der Waals surface area contributed by atoms with Gasteiger partial charge in [-0.1, -0.05) is 18.5 Å². The molecule has 0 heterocycles. The number of aliphatic hydroxyl groups is 1. The molecule has 0 aliphatic rings. The van der Waals surface area contributed by atoms with E-state index in [4.69, 9.17) is 16.7 Å². The molecule has 0 spiro atoms. The van der Waals surface area contributed by atoms with Crippen LogP contribution in [-0.2, 0) is 26.4 Å². The fourth-order valence-electron chi connectivity index (χ4n) is 1.45. The highest BCUT2D eigenvalue weighted by Crippen LogP contribution is 2.20. The number of sulfonamides is 1. The lowest BCUT2D eigenvalue weighted by Gasteiger charge is -2.08. The summed E-state index contributed by atoms with van der Waals surface area (Å²) in [6.07, 6.45) is 0. The van der Waals surface area contributed by atoms with Gasteiger partial charge in [-0.05, 0) is 23.8 Å². The maximum absolute atomic E-state index is 11.8. The largest absolute Gasteiger partial charge is 0.395 e. The smallest absolute Gasteiger partial charge is 0.214 e. The molecule has 0 aliphatic carbocycles. The molecule has 0 radical (unpaired) electrons. The van der Waals surface area contributed by atoms with Crippen LogP contribution in [0.25, 0.3) is 0 Å². The zero-order valence-corrected chi connectivity index (χ0v) is 13.2. The van der Waals surface area contributed by atoms with E-state index in [1.807, 2.05) is 0 Å². The lowest BCUT2D eigenvalue weighted by Crippen LogP contribution is -2.27. The van der Waals surface area contributed by atoms with Gasteiger partial charge in [0.05, 0.1) is 23.0 Å². The van der Waals surface area contributed by atoms with E-state index in [1.54, 1.807) is 0 Å². The number of nitrogens with one attached hydrogen (secondary N) is 1. The average Bonchev–Trinajstić information content (AvgIpc) is 2.36. The van der Waals surface area contributed by atoms with E-state index >= 15 is 0 Å². The van der Waals surface area contributed by atoms with Crippen LogP contribution in [0.5, 0.6) is 0 Å². The van der Waals surface area contributed by atoms with Crippen LogP contribution in [0.3, 0.4) is 0 Å². The summed E-state index contributed by atoms with van der Waals surface area (Å²) in [5.41, 5.74) is 0.436. The van der Waals surface area contributed by atoms with Crippen LogP contribution in [0.15, 0.2) is 23.1 Å². The van der Waals surface area contributed by atoms with Gasteiger partial charge in [0, 0.05) is 11.6 Å². The molecule has 1 rings (SSSR count). The molecule has 0 saturated heterocycles. The molecule has 6 nitrogen and oxygen atoms in total. The predicted molar refractivity (Wildman–Crippen MR) is 76.9 cm³/mol. The monoisotopic (exact) mass is 341 g/mol. The second-order valence-corrected chi connectivity index (χ2v) is 8.70. The van der Waals surface area contributed by atoms with Crippen LogP contribution in [0.4, 0.5) is 0 Å². The minimum absolute atomic E-state index is 0.0591. The van der Waals surface area contributed by atoms with Gasteiger partial charge in [0.2, 0.25) is 10.0 Å². The SMILES string of the molecule is CCS(=O)(=O)c1cc(Cl)cc(CNS(=O)(=O)CCO)c1. The highest BCUT2D eigenvalue weighted by molar-refractivity contribution is 7.91. The summed E-state index contributed by atoms with van der Waals surface area (Å²) in [7, 11) is -7.00.